The highest BCUT2D eigenvalue weighted by atomic mass is 31.0. The van der Waals surface area contributed by atoms with Crippen molar-refractivity contribution in [2.45, 2.75) is 47.0 Å². The molecule has 0 amide bonds. The average molecular weight is 503 g/mol. The van der Waals surface area contributed by atoms with E-state index in [1.54, 1.807) is 0 Å². The summed E-state index contributed by atoms with van der Waals surface area (Å²) >= 11 is 0. The quantitative estimate of drug-likeness (QED) is 0.211. The average Bonchev–Trinajstić information content (AvgIpc) is 3.25. The van der Waals surface area contributed by atoms with Crippen molar-refractivity contribution in [3.63, 3.8) is 0 Å². The van der Waals surface area contributed by atoms with E-state index in [1.165, 1.54) is 44.5 Å². The number of benzene rings is 4. The molecule has 0 N–H and O–H groups in total. The standard InChI is InChI=1S/C27H22.2C2H6.2CH5P/c1-19-11-15-21(16-12-19)27(22-17-13-20(2)14-18-22)25-9-5-3-7-23(25)24-8-4-6-10-26(24)27;4*1-2/h3-18H,1-2H3;2*1-2H3;2*2H2,1H3. The van der Waals surface area contributed by atoms with Gasteiger partial charge in [-0.05, 0) is 47.2 Å². The first-order chi connectivity index (χ1) is 17.2. The minimum Gasteiger partial charge on any atom is -0.141 e. The number of hydrogen-bond donors (Lipinski definition) is 0. The van der Waals surface area contributed by atoms with Gasteiger partial charge in [0.05, 0.1) is 5.41 Å². The second-order valence-electron chi connectivity index (χ2n) is 7.57. The molecule has 0 saturated carbocycles. The molecule has 0 saturated heterocycles. The summed E-state index contributed by atoms with van der Waals surface area (Å²) in [6.07, 6.45) is 0. The maximum absolute atomic E-state index is 2.42. The van der Waals surface area contributed by atoms with E-state index in [0.29, 0.717) is 0 Å². The van der Waals surface area contributed by atoms with Crippen LogP contribution in [0.2, 0.25) is 0 Å². The maximum atomic E-state index is 2.42. The maximum Gasteiger partial charge on any atom is 0.0713 e. The summed E-state index contributed by atoms with van der Waals surface area (Å²) in [4.78, 5) is 0. The first kappa shape index (κ1) is 30.8. The van der Waals surface area contributed by atoms with Gasteiger partial charge in [0.2, 0.25) is 0 Å². The summed E-state index contributed by atoms with van der Waals surface area (Å²) in [6.45, 7) is 16.1. The molecule has 0 bridgehead atoms. The van der Waals surface area contributed by atoms with E-state index in [1.807, 2.05) is 41.0 Å². The predicted octanol–water partition coefficient (Wildman–Crippen LogP) is 9.70. The topological polar surface area (TPSA) is 0 Å². The molecule has 2 atom stereocenters. The van der Waals surface area contributed by atoms with Gasteiger partial charge in [-0.3, -0.25) is 0 Å². The lowest BCUT2D eigenvalue weighted by molar-refractivity contribution is 0.767. The van der Waals surface area contributed by atoms with E-state index in [0.717, 1.165) is 0 Å². The van der Waals surface area contributed by atoms with Gasteiger partial charge in [0.1, 0.15) is 0 Å². The van der Waals surface area contributed by atoms with E-state index >= 15 is 0 Å². The SMILES string of the molecule is CC.CC.CP.CP.Cc1ccc(C2(c3ccc(C)cc3)c3ccccc3-c3ccccc32)cc1. The Bertz CT molecular complexity index is 1030. The van der Waals surface area contributed by atoms with E-state index in [4.69, 9.17) is 0 Å². The van der Waals surface area contributed by atoms with Crippen LogP contribution in [0.4, 0.5) is 0 Å². The third-order valence-corrected chi connectivity index (χ3v) is 5.92. The molecule has 2 heteroatoms. The highest BCUT2D eigenvalue weighted by Gasteiger charge is 2.45. The van der Waals surface area contributed by atoms with Gasteiger partial charge in [0, 0.05) is 0 Å². The summed E-state index contributed by atoms with van der Waals surface area (Å²) in [5, 5.41) is 0. The van der Waals surface area contributed by atoms with Crippen molar-refractivity contribution in [2.24, 2.45) is 0 Å². The lowest BCUT2D eigenvalue weighted by Gasteiger charge is -2.34. The molecule has 0 aliphatic heterocycles. The van der Waals surface area contributed by atoms with Crippen LogP contribution in [0.1, 0.15) is 61.1 Å². The van der Waals surface area contributed by atoms with Crippen molar-refractivity contribution in [1.29, 1.82) is 0 Å². The van der Waals surface area contributed by atoms with Crippen LogP contribution in [0.3, 0.4) is 0 Å². The molecular weight excluding hydrogens is 458 g/mol. The highest BCUT2D eigenvalue weighted by Crippen LogP contribution is 2.55. The van der Waals surface area contributed by atoms with Crippen LogP contribution in [0.5, 0.6) is 0 Å². The first-order valence-corrected chi connectivity index (χ1v) is 15.0. The Balaban J connectivity index is 0.000000699. The Labute approximate surface area is 220 Å². The smallest absolute Gasteiger partial charge is 0.0713 e. The van der Waals surface area contributed by atoms with Crippen LogP contribution < -0.4 is 0 Å². The highest BCUT2D eigenvalue weighted by molar-refractivity contribution is 7.15. The largest absolute Gasteiger partial charge is 0.141 e. The van der Waals surface area contributed by atoms with Gasteiger partial charge >= 0.3 is 0 Å². The number of fused-ring (bicyclic) bond motifs is 3. The van der Waals surface area contributed by atoms with Crippen molar-refractivity contribution < 1.29 is 0 Å². The van der Waals surface area contributed by atoms with Gasteiger partial charge in [-0.2, -0.15) is 0 Å². The molecule has 0 spiro atoms. The third-order valence-electron chi connectivity index (χ3n) is 5.92. The van der Waals surface area contributed by atoms with Crippen molar-refractivity contribution in [1.82, 2.24) is 0 Å². The fraction of sp³-hybridized carbons (Fsp3) is 0.273. The van der Waals surface area contributed by atoms with Crippen molar-refractivity contribution in [2.75, 3.05) is 13.3 Å². The molecule has 0 heterocycles. The summed E-state index contributed by atoms with van der Waals surface area (Å²) in [7, 11) is 4.83. The molecule has 0 aromatic heterocycles. The molecule has 1 aliphatic rings. The van der Waals surface area contributed by atoms with E-state index in [9.17, 15) is 0 Å². The summed E-state index contributed by atoms with van der Waals surface area (Å²) < 4.78 is 0. The number of rotatable bonds is 2. The Morgan fingerprint density at radius 2 is 0.714 bits per heavy atom. The lowest BCUT2D eigenvalue weighted by Crippen LogP contribution is -2.28. The van der Waals surface area contributed by atoms with Gasteiger partial charge in [-0.1, -0.05) is 149 Å². The molecule has 2 unspecified atom stereocenters. The zero-order valence-electron chi connectivity index (χ0n) is 22.9. The molecule has 186 valence electrons. The zero-order chi connectivity index (χ0) is 26.4. The molecule has 1 aliphatic carbocycles. The number of hydrogen-bond acceptors (Lipinski definition) is 0. The molecule has 4 aromatic carbocycles. The van der Waals surface area contributed by atoms with Gasteiger partial charge < -0.3 is 0 Å². The molecular formula is C33H44P2. The number of aryl methyl sites for hydroxylation is 2. The first-order valence-electron chi connectivity index (χ1n) is 12.7. The Morgan fingerprint density at radius 1 is 0.429 bits per heavy atom. The summed E-state index contributed by atoms with van der Waals surface area (Å²) in [6, 6.07) is 35.9. The molecule has 0 radical (unpaired) electrons. The molecule has 0 fully saturated rings. The second kappa shape index (κ2) is 15.7. The van der Waals surface area contributed by atoms with Gasteiger partial charge in [0.15, 0.2) is 0 Å². The van der Waals surface area contributed by atoms with Gasteiger partial charge in [0.25, 0.3) is 0 Å². The van der Waals surface area contributed by atoms with Crippen LogP contribution in [-0.2, 0) is 5.41 Å². The van der Waals surface area contributed by atoms with Gasteiger partial charge in [-0.25, -0.2) is 0 Å². The Morgan fingerprint density at radius 3 is 1.03 bits per heavy atom. The fourth-order valence-corrected chi connectivity index (χ4v) is 4.63. The van der Waals surface area contributed by atoms with E-state index in [2.05, 4.69) is 129 Å². The van der Waals surface area contributed by atoms with Crippen LogP contribution in [-0.4, -0.2) is 13.3 Å². The minimum atomic E-state index is -0.269. The van der Waals surface area contributed by atoms with Crippen LogP contribution in [0.15, 0.2) is 97.1 Å². The van der Waals surface area contributed by atoms with Gasteiger partial charge in [-0.15, -0.1) is 18.5 Å². The van der Waals surface area contributed by atoms with Crippen LogP contribution >= 0.6 is 18.5 Å². The van der Waals surface area contributed by atoms with Crippen molar-refractivity contribution >= 4 is 18.5 Å². The molecule has 35 heavy (non-hydrogen) atoms. The molecule has 4 aromatic rings. The van der Waals surface area contributed by atoms with Crippen LogP contribution in [0, 0.1) is 13.8 Å². The van der Waals surface area contributed by atoms with E-state index < -0.39 is 0 Å². The van der Waals surface area contributed by atoms with Crippen molar-refractivity contribution in [3.8, 4) is 11.1 Å². The zero-order valence-corrected chi connectivity index (χ0v) is 25.2. The lowest BCUT2D eigenvalue weighted by atomic mass is 9.67. The fourth-order valence-electron chi connectivity index (χ4n) is 4.63. The Hall–Kier alpha value is -2.26. The summed E-state index contributed by atoms with van der Waals surface area (Å²) in [5.74, 6) is 0. The normalized spacial score (nSPS) is 11.4. The molecule has 0 nitrogen and oxygen atoms in total. The molecule has 5 rings (SSSR count). The summed E-state index contributed by atoms with van der Waals surface area (Å²) in [5.41, 5.74) is 10.4. The second-order valence-corrected chi connectivity index (χ2v) is 7.57. The van der Waals surface area contributed by atoms with Crippen molar-refractivity contribution in [3.05, 3.63) is 130 Å². The van der Waals surface area contributed by atoms with E-state index in [-0.39, 0.29) is 5.41 Å². The van der Waals surface area contributed by atoms with Crippen LogP contribution in [0.25, 0.3) is 11.1 Å². The third kappa shape index (κ3) is 6.12. The predicted molar refractivity (Wildman–Crippen MR) is 167 cm³/mol. The minimum absolute atomic E-state index is 0.269. The Kier molecular flexibility index (Phi) is 13.8. The monoisotopic (exact) mass is 502 g/mol.